The second-order valence-electron chi connectivity index (χ2n) is 6.55. The lowest BCUT2D eigenvalue weighted by molar-refractivity contribution is -0.126. The van der Waals surface area contributed by atoms with Crippen LogP contribution in [0.2, 0.25) is 0 Å². The summed E-state index contributed by atoms with van der Waals surface area (Å²) in [6, 6.07) is 1.85. The van der Waals surface area contributed by atoms with Crippen molar-refractivity contribution in [2.24, 2.45) is 5.92 Å². The van der Waals surface area contributed by atoms with E-state index in [0.29, 0.717) is 13.2 Å². The number of piperidine rings is 1. The Hall–Kier alpha value is -1.89. The largest absolute Gasteiger partial charge is 0.383 e. The van der Waals surface area contributed by atoms with Crippen LogP contribution in [0, 0.1) is 5.92 Å². The highest BCUT2D eigenvalue weighted by Gasteiger charge is 2.23. The molecule has 1 aliphatic rings. The van der Waals surface area contributed by atoms with Crippen LogP contribution in [0.5, 0.6) is 0 Å². The van der Waals surface area contributed by atoms with E-state index in [2.05, 4.69) is 29.2 Å². The molecule has 0 radical (unpaired) electrons. The summed E-state index contributed by atoms with van der Waals surface area (Å²) in [5.41, 5.74) is 0.738. The Kier molecular flexibility index (Phi) is 7.43. The van der Waals surface area contributed by atoms with E-state index in [1.54, 1.807) is 19.4 Å². The molecule has 1 aromatic heterocycles. The number of amides is 1. The average Bonchev–Trinajstić information content (AvgIpc) is 2.62. The van der Waals surface area contributed by atoms with E-state index < -0.39 is 0 Å². The summed E-state index contributed by atoms with van der Waals surface area (Å²) in [5, 5.41) is 7.39. The number of carbonyl (C=O) groups excluding carboxylic acids is 1. The van der Waals surface area contributed by atoms with Gasteiger partial charge in [-0.15, -0.1) is 0 Å². The molecule has 0 bridgehead atoms. The SMILES string of the molecule is CCC(CC)C(=O)NC1CCN(c2cnn(CCOC)c(=O)c2)CC1. The van der Waals surface area contributed by atoms with Crippen molar-refractivity contribution in [2.45, 2.75) is 52.1 Å². The van der Waals surface area contributed by atoms with Crippen molar-refractivity contribution < 1.29 is 9.53 Å². The normalized spacial score (nSPS) is 15.6. The quantitative estimate of drug-likeness (QED) is 0.767. The minimum absolute atomic E-state index is 0.112. The average molecular weight is 350 g/mol. The molecule has 7 nitrogen and oxygen atoms in total. The molecule has 0 spiro atoms. The fourth-order valence-corrected chi connectivity index (χ4v) is 3.20. The van der Waals surface area contributed by atoms with Crippen molar-refractivity contribution in [3.63, 3.8) is 0 Å². The number of rotatable bonds is 8. The predicted octanol–water partition coefficient (Wildman–Crippen LogP) is 1.41. The van der Waals surface area contributed by atoms with Crippen molar-refractivity contribution in [2.75, 3.05) is 31.7 Å². The smallest absolute Gasteiger partial charge is 0.268 e. The van der Waals surface area contributed by atoms with Crippen molar-refractivity contribution in [1.29, 1.82) is 0 Å². The lowest BCUT2D eigenvalue weighted by Gasteiger charge is -2.34. The molecule has 2 heterocycles. The molecule has 0 aliphatic carbocycles. The summed E-state index contributed by atoms with van der Waals surface area (Å²) >= 11 is 0. The summed E-state index contributed by atoms with van der Waals surface area (Å²) in [7, 11) is 1.60. The molecule has 0 unspecified atom stereocenters. The summed E-state index contributed by atoms with van der Waals surface area (Å²) in [4.78, 5) is 26.5. The molecular formula is C18H30N4O3. The van der Waals surface area contributed by atoms with Crippen molar-refractivity contribution >= 4 is 11.6 Å². The van der Waals surface area contributed by atoms with Gasteiger partial charge in [-0.2, -0.15) is 5.10 Å². The zero-order chi connectivity index (χ0) is 18.2. The first-order chi connectivity index (χ1) is 12.1. The molecule has 1 amide bonds. The Morgan fingerprint density at radius 1 is 1.36 bits per heavy atom. The highest BCUT2D eigenvalue weighted by atomic mass is 16.5. The van der Waals surface area contributed by atoms with E-state index in [9.17, 15) is 9.59 Å². The molecule has 0 saturated carbocycles. The number of anilines is 1. The Balaban J connectivity index is 1.88. The summed E-state index contributed by atoms with van der Waals surface area (Å²) in [5.74, 6) is 0.285. The lowest BCUT2D eigenvalue weighted by Crippen LogP contribution is -2.46. The fourth-order valence-electron chi connectivity index (χ4n) is 3.20. The van der Waals surface area contributed by atoms with Crippen LogP contribution in [-0.2, 0) is 16.1 Å². The van der Waals surface area contributed by atoms with Crippen molar-refractivity contribution in [1.82, 2.24) is 15.1 Å². The van der Waals surface area contributed by atoms with Gasteiger partial charge in [0.1, 0.15) is 0 Å². The van der Waals surface area contributed by atoms with Gasteiger partial charge in [0.05, 0.1) is 25.0 Å². The topological polar surface area (TPSA) is 76.5 Å². The minimum atomic E-state index is -0.112. The van der Waals surface area contributed by atoms with Gasteiger partial charge in [-0.3, -0.25) is 9.59 Å². The van der Waals surface area contributed by atoms with Crippen LogP contribution in [0.15, 0.2) is 17.1 Å². The van der Waals surface area contributed by atoms with E-state index in [0.717, 1.165) is 44.5 Å². The van der Waals surface area contributed by atoms with Gasteiger partial charge in [0.25, 0.3) is 5.56 Å². The van der Waals surface area contributed by atoms with Gasteiger partial charge in [0.2, 0.25) is 5.91 Å². The molecular weight excluding hydrogens is 320 g/mol. The zero-order valence-electron chi connectivity index (χ0n) is 15.5. The third kappa shape index (κ3) is 5.29. The maximum absolute atomic E-state index is 12.2. The van der Waals surface area contributed by atoms with Crippen LogP contribution in [0.1, 0.15) is 39.5 Å². The molecule has 0 atom stereocenters. The fraction of sp³-hybridized carbons (Fsp3) is 0.722. The molecule has 1 aromatic rings. The Morgan fingerprint density at radius 3 is 2.60 bits per heavy atom. The van der Waals surface area contributed by atoms with Crippen molar-refractivity contribution in [3.8, 4) is 0 Å². The van der Waals surface area contributed by atoms with Crippen LogP contribution in [0.3, 0.4) is 0 Å². The molecule has 1 saturated heterocycles. The van der Waals surface area contributed by atoms with Crippen LogP contribution >= 0.6 is 0 Å². The van der Waals surface area contributed by atoms with Gasteiger partial charge in [-0.25, -0.2) is 4.68 Å². The van der Waals surface area contributed by atoms with E-state index in [4.69, 9.17) is 4.74 Å². The van der Waals surface area contributed by atoms with Crippen LogP contribution < -0.4 is 15.8 Å². The summed E-state index contributed by atoms with van der Waals surface area (Å²) in [6.45, 7) is 6.66. The first-order valence-corrected chi connectivity index (χ1v) is 9.20. The van der Waals surface area contributed by atoms with Crippen molar-refractivity contribution in [3.05, 3.63) is 22.6 Å². The third-order valence-corrected chi connectivity index (χ3v) is 4.93. The van der Waals surface area contributed by atoms with Gasteiger partial charge < -0.3 is 15.0 Å². The number of methoxy groups -OCH3 is 1. The van der Waals surface area contributed by atoms with E-state index in [-0.39, 0.29) is 23.4 Å². The molecule has 1 fully saturated rings. The number of aromatic nitrogens is 2. The number of hydrogen-bond donors (Lipinski definition) is 1. The second kappa shape index (κ2) is 9.56. The molecule has 1 N–H and O–H groups in total. The van der Waals surface area contributed by atoms with Crippen LogP contribution in [-0.4, -0.2) is 48.5 Å². The minimum Gasteiger partial charge on any atom is -0.383 e. The van der Waals surface area contributed by atoms with E-state index >= 15 is 0 Å². The van der Waals surface area contributed by atoms with Gasteiger partial charge in [0, 0.05) is 38.2 Å². The Bertz CT molecular complexity index is 605. The molecule has 1 aliphatic heterocycles. The first-order valence-electron chi connectivity index (χ1n) is 9.20. The monoisotopic (exact) mass is 350 g/mol. The van der Waals surface area contributed by atoms with Crippen LogP contribution in [0.25, 0.3) is 0 Å². The number of nitrogens with one attached hydrogen (secondary N) is 1. The predicted molar refractivity (Wildman–Crippen MR) is 97.8 cm³/mol. The Morgan fingerprint density at radius 2 is 2.04 bits per heavy atom. The van der Waals surface area contributed by atoms with E-state index in [1.165, 1.54) is 4.68 Å². The number of ether oxygens (including phenoxy) is 1. The number of hydrogen-bond acceptors (Lipinski definition) is 5. The Labute approximate surface area is 149 Å². The van der Waals surface area contributed by atoms with Gasteiger partial charge in [-0.05, 0) is 25.7 Å². The standard InChI is InChI=1S/C18H30N4O3/c1-4-14(5-2)18(24)20-15-6-8-21(9-7-15)16-12-17(23)22(19-13-16)10-11-25-3/h12-15H,4-11H2,1-3H3,(H,20,24). The van der Waals surface area contributed by atoms with Gasteiger partial charge >= 0.3 is 0 Å². The highest BCUT2D eigenvalue weighted by Crippen LogP contribution is 2.18. The maximum Gasteiger partial charge on any atom is 0.268 e. The highest BCUT2D eigenvalue weighted by molar-refractivity contribution is 5.78. The molecule has 25 heavy (non-hydrogen) atoms. The molecule has 2 rings (SSSR count). The molecule has 140 valence electrons. The van der Waals surface area contributed by atoms with Crippen LogP contribution in [0.4, 0.5) is 5.69 Å². The summed E-state index contributed by atoms with van der Waals surface area (Å²) < 4.78 is 6.39. The molecule has 0 aromatic carbocycles. The number of nitrogens with zero attached hydrogens (tertiary/aromatic N) is 3. The second-order valence-corrected chi connectivity index (χ2v) is 6.55. The maximum atomic E-state index is 12.2. The van der Waals surface area contributed by atoms with Gasteiger partial charge in [0.15, 0.2) is 0 Å². The lowest BCUT2D eigenvalue weighted by atomic mass is 9.99. The van der Waals surface area contributed by atoms with Gasteiger partial charge in [-0.1, -0.05) is 13.8 Å². The summed E-state index contributed by atoms with van der Waals surface area (Å²) in [6.07, 6.45) is 5.27. The number of carbonyl (C=O) groups is 1. The van der Waals surface area contributed by atoms with E-state index in [1.807, 2.05) is 0 Å². The third-order valence-electron chi connectivity index (χ3n) is 4.93. The first kappa shape index (κ1) is 19.4. The molecule has 7 heteroatoms. The zero-order valence-corrected chi connectivity index (χ0v) is 15.5.